The summed E-state index contributed by atoms with van der Waals surface area (Å²) in [4.78, 5) is 22.8. The molecule has 0 aliphatic heterocycles. The smallest absolute Gasteiger partial charge is 0.274 e. The van der Waals surface area contributed by atoms with Gasteiger partial charge in [0.1, 0.15) is 10.9 Å². The van der Waals surface area contributed by atoms with E-state index in [1.807, 2.05) is 0 Å². The molecule has 0 aliphatic rings. The van der Waals surface area contributed by atoms with Crippen LogP contribution in [0.15, 0.2) is 25.3 Å². The van der Waals surface area contributed by atoms with Crippen LogP contribution < -0.4 is 10.6 Å². The molecule has 0 heterocycles. The zero-order chi connectivity index (χ0) is 16.0. The first-order valence-electron chi connectivity index (χ1n) is 6.01. The number of rotatable bonds is 8. The maximum atomic E-state index is 11.7. The zero-order valence-electron chi connectivity index (χ0n) is 11.5. The Labute approximate surface area is 118 Å². The van der Waals surface area contributed by atoms with E-state index in [1.54, 1.807) is 0 Å². The highest BCUT2D eigenvalue weighted by atomic mass is 32.2. The van der Waals surface area contributed by atoms with Gasteiger partial charge in [0.05, 0.1) is 0 Å². The number of nitrogens with one attached hydrogen (secondary N) is 2. The average molecular weight is 304 g/mol. The van der Waals surface area contributed by atoms with E-state index in [0.29, 0.717) is 0 Å². The first-order chi connectivity index (χ1) is 9.18. The summed E-state index contributed by atoms with van der Waals surface area (Å²) in [5.74, 6) is -1.34. The molecule has 8 heteroatoms. The lowest BCUT2D eigenvalue weighted by Gasteiger charge is -2.36. The number of hydrogen-bond acceptors (Lipinski definition) is 4. The van der Waals surface area contributed by atoms with E-state index in [9.17, 15) is 22.6 Å². The van der Waals surface area contributed by atoms with E-state index in [0.717, 1.165) is 12.2 Å². The van der Waals surface area contributed by atoms with Crippen LogP contribution in [0, 0.1) is 0 Å². The van der Waals surface area contributed by atoms with E-state index < -0.39 is 32.8 Å². The van der Waals surface area contributed by atoms with Crippen LogP contribution >= 0.6 is 0 Å². The molecule has 0 saturated heterocycles. The topological polar surface area (TPSA) is 113 Å². The molecular weight excluding hydrogens is 284 g/mol. The molecule has 0 saturated carbocycles. The molecule has 20 heavy (non-hydrogen) atoms. The molecule has 0 radical (unpaired) electrons. The van der Waals surface area contributed by atoms with Gasteiger partial charge in [-0.1, -0.05) is 27.0 Å². The zero-order valence-corrected chi connectivity index (χ0v) is 12.4. The molecule has 0 aromatic rings. The van der Waals surface area contributed by atoms with Gasteiger partial charge in [0.25, 0.3) is 10.1 Å². The van der Waals surface area contributed by atoms with Crippen LogP contribution in [-0.2, 0) is 19.7 Å². The van der Waals surface area contributed by atoms with Crippen molar-refractivity contribution in [1.82, 2.24) is 10.6 Å². The molecule has 0 atom stereocenters. The number of carbonyl (C=O) groups excluding carboxylic acids is 2. The minimum atomic E-state index is -4.53. The molecule has 0 aromatic carbocycles. The van der Waals surface area contributed by atoms with Crippen molar-refractivity contribution in [3.05, 3.63) is 25.3 Å². The summed E-state index contributed by atoms with van der Waals surface area (Å²) in [6, 6.07) is 0. The number of carbonyl (C=O) groups is 2. The van der Waals surface area contributed by atoms with Gasteiger partial charge in [0.15, 0.2) is 0 Å². The summed E-state index contributed by atoms with van der Waals surface area (Å²) < 4.78 is 31.2. The molecule has 0 aliphatic carbocycles. The Kier molecular flexibility index (Phi) is 6.60. The lowest BCUT2D eigenvalue weighted by atomic mass is 9.98. The Morgan fingerprint density at radius 3 is 1.70 bits per heavy atom. The first kappa shape index (κ1) is 18.3. The minimum absolute atomic E-state index is 0.0121. The largest absolute Gasteiger partial charge is 0.331 e. The minimum Gasteiger partial charge on any atom is -0.331 e. The van der Waals surface area contributed by atoms with Crippen LogP contribution in [0.25, 0.3) is 0 Å². The Morgan fingerprint density at radius 1 is 1.15 bits per heavy atom. The van der Waals surface area contributed by atoms with Gasteiger partial charge in [-0.25, -0.2) is 0 Å². The number of amides is 2. The maximum Gasteiger partial charge on any atom is 0.274 e. The second-order valence-corrected chi connectivity index (χ2v) is 5.87. The monoisotopic (exact) mass is 304 g/mol. The van der Waals surface area contributed by atoms with Gasteiger partial charge >= 0.3 is 0 Å². The van der Waals surface area contributed by atoms with Crippen molar-refractivity contribution in [3.63, 3.8) is 0 Å². The van der Waals surface area contributed by atoms with Crippen molar-refractivity contribution in [1.29, 1.82) is 0 Å². The van der Waals surface area contributed by atoms with Crippen molar-refractivity contribution >= 4 is 21.9 Å². The first-order valence-corrected chi connectivity index (χ1v) is 7.45. The molecule has 0 fully saturated rings. The van der Waals surface area contributed by atoms with E-state index >= 15 is 0 Å². The Hall–Kier alpha value is -1.67. The van der Waals surface area contributed by atoms with Crippen molar-refractivity contribution in [2.45, 2.75) is 37.6 Å². The number of hydrogen-bond donors (Lipinski definition) is 3. The Morgan fingerprint density at radius 2 is 1.50 bits per heavy atom. The van der Waals surface area contributed by atoms with Crippen LogP contribution in [0.4, 0.5) is 0 Å². The van der Waals surface area contributed by atoms with Gasteiger partial charge in [0.2, 0.25) is 11.8 Å². The average Bonchev–Trinajstić information content (AvgIpc) is 2.38. The predicted molar refractivity (Wildman–Crippen MR) is 75.3 cm³/mol. The molecule has 3 N–H and O–H groups in total. The quantitative estimate of drug-likeness (QED) is 0.340. The molecule has 0 unspecified atom stereocenters. The summed E-state index contributed by atoms with van der Waals surface area (Å²) in [6.45, 7) is 9.57. The molecular formula is C12H20N2O5S. The molecule has 0 aromatic heterocycles. The maximum absolute atomic E-state index is 11.7. The SMILES string of the molecule is C=CC(=O)NC(NC(=O)C=C)C(CC)(CC)S(=O)(=O)O. The Balaban J connectivity index is 5.75. The van der Waals surface area contributed by atoms with Crippen molar-refractivity contribution in [2.24, 2.45) is 0 Å². The second kappa shape index (κ2) is 7.20. The fourth-order valence-electron chi connectivity index (χ4n) is 1.87. The fourth-order valence-corrected chi connectivity index (χ4v) is 3.02. The van der Waals surface area contributed by atoms with Crippen LogP contribution in [0.5, 0.6) is 0 Å². The second-order valence-electron chi connectivity index (χ2n) is 4.11. The van der Waals surface area contributed by atoms with Gasteiger partial charge in [-0.2, -0.15) is 8.42 Å². The molecule has 0 rings (SSSR count). The van der Waals surface area contributed by atoms with E-state index in [2.05, 4.69) is 23.8 Å². The molecule has 2 amide bonds. The lowest BCUT2D eigenvalue weighted by molar-refractivity contribution is -0.120. The van der Waals surface area contributed by atoms with Crippen LogP contribution in [0.3, 0.4) is 0 Å². The normalized spacial score (nSPS) is 11.8. The lowest BCUT2D eigenvalue weighted by Crippen LogP contribution is -2.63. The highest BCUT2D eigenvalue weighted by Gasteiger charge is 2.48. The van der Waals surface area contributed by atoms with E-state index in [4.69, 9.17) is 0 Å². The Bertz CT molecular complexity index is 472. The molecule has 0 spiro atoms. The van der Waals surface area contributed by atoms with Crippen LogP contribution in [0.1, 0.15) is 26.7 Å². The molecule has 7 nitrogen and oxygen atoms in total. The van der Waals surface area contributed by atoms with Crippen molar-refractivity contribution in [3.8, 4) is 0 Å². The van der Waals surface area contributed by atoms with Gasteiger partial charge in [-0.15, -0.1) is 0 Å². The molecule has 0 bridgehead atoms. The third-order valence-corrected chi connectivity index (χ3v) is 5.02. The summed E-state index contributed by atoms with van der Waals surface area (Å²) in [5.41, 5.74) is 0. The van der Waals surface area contributed by atoms with Crippen LogP contribution in [0.2, 0.25) is 0 Å². The van der Waals surface area contributed by atoms with Gasteiger partial charge in [-0.05, 0) is 25.0 Å². The van der Waals surface area contributed by atoms with Crippen molar-refractivity contribution in [2.75, 3.05) is 0 Å². The van der Waals surface area contributed by atoms with Crippen molar-refractivity contribution < 1.29 is 22.6 Å². The summed E-state index contributed by atoms with van der Waals surface area (Å²) >= 11 is 0. The van der Waals surface area contributed by atoms with Crippen LogP contribution in [-0.4, -0.2) is 35.7 Å². The highest BCUT2D eigenvalue weighted by molar-refractivity contribution is 7.87. The molecule has 114 valence electrons. The standard InChI is InChI=1S/C12H20N2O5S/c1-5-9(15)13-11(14-10(16)6-2)12(7-3,8-4)20(17,18)19/h5-6,11H,1-2,7-8H2,3-4H3,(H,13,15)(H,14,16)(H,17,18,19). The van der Waals surface area contributed by atoms with Gasteiger partial charge in [0, 0.05) is 0 Å². The van der Waals surface area contributed by atoms with E-state index in [-0.39, 0.29) is 12.8 Å². The third-order valence-electron chi connectivity index (χ3n) is 3.18. The summed E-state index contributed by atoms with van der Waals surface area (Å²) in [7, 11) is -4.53. The van der Waals surface area contributed by atoms with Gasteiger partial charge < -0.3 is 10.6 Å². The highest BCUT2D eigenvalue weighted by Crippen LogP contribution is 2.28. The van der Waals surface area contributed by atoms with Gasteiger partial charge in [-0.3, -0.25) is 14.1 Å². The fraction of sp³-hybridized carbons (Fsp3) is 0.500. The van der Waals surface area contributed by atoms with E-state index in [1.165, 1.54) is 13.8 Å². The summed E-state index contributed by atoms with van der Waals surface area (Å²) in [5, 5.41) is 4.61. The third kappa shape index (κ3) is 3.91. The summed E-state index contributed by atoms with van der Waals surface area (Å²) in [6.07, 6.45) is 0.549. The predicted octanol–water partition coefficient (Wildman–Crippen LogP) is 0.364.